The maximum atomic E-state index is 15.8. The smallest absolute Gasteiger partial charge is 0.297 e. The van der Waals surface area contributed by atoms with Crippen molar-refractivity contribution in [3.05, 3.63) is 86.5 Å². The highest BCUT2D eigenvalue weighted by molar-refractivity contribution is 5.94. The Labute approximate surface area is 345 Å². The van der Waals surface area contributed by atoms with Crippen LogP contribution < -0.4 is 5.32 Å². The van der Waals surface area contributed by atoms with Crippen LogP contribution >= 0.6 is 0 Å². The van der Waals surface area contributed by atoms with Crippen LogP contribution in [0.15, 0.2) is 81.0 Å². The molecule has 282 valence electrons. The largest absolute Gasteiger partial charge is 0.350 e. The van der Waals surface area contributed by atoms with Crippen molar-refractivity contribution in [2.75, 3.05) is 6.61 Å². The zero-order valence-electron chi connectivity index (χ0n) is 32.4. The number of nitrogens with one attached hydrogen (secondary N) is 1. The normalized spacial score (nSPS) is 17.0. The highest BCUT2D eigenvalue weighted by Gasteiger charge is 2.42. The van der Waals surface area contributed by atoms with Crippen LogP contribution in [0.3, 0.4) is 0 Å². The third-order valence-corrected chi connectivity index (χ3v) is 8.00. The van der Waals surface area contributed by atoms with E-state index in [1.807, 2.05) is 42.5 Å². The quantitative estimate of drug-likeness (QED) is 0.136. The molecule has 1 aromatic carbocycles. The molecule has 0 aliphatic carbocycles. The minimum atomic E-state index is -1.41. The molecule has 0 saturated carbocycles. The first kappa shape index (κ1) is 46.4. The maximum absolute atomic E-state index is 15.8. The van der Waals surface area contributed by atoms with E-state index in [1.165, 1.54) is 5.56 Å². The highest BCUT2D eigenvalue weighted by Crippen LogP contribution is 2.39. The number of alkyl halides is 1. The van der Waals surface area contributed by atoms with Crippen molar-refractivity contribution in [3.8, 4) is 142 Å². The third kappa shape index (κ3) is 19.5. The van der Waals surface area contributed by atoms with Gasteiger partial charge in [-0.1, -0.05) is 67.0 Å². The molecule has 5 heteroatoms. The van der Waals surface area contributed by atoms with E-state index in [1.54, 1.807) is 19.1 Å². The molecule has 2 rings (SSSR count). The van der Waals surface area contributed by atoms with Crippen molar-refractivity contribution in [1.29, 1.82) is 0 Å². The Morgan fingerprint density at radius 3 is 1.66 bits per heavy atom. The molecule has 1 aliphatic heterocycles. The molecule has 1 fully saturated rings. The van der Waals surface area contributed by atoms with Crippen molar-refractivity contribution in [2.24, 2.45) is 17.8 Å². The minimum Gasteiger partial charge on any atom is -0.350 e. The average molecular weight is 758 g/mol. The van der Waals surface area contributed by atoms with Crippen LogP contribution in [0.4, 0.5) is 4.39 Å². The molecule has 58 heavy (non-hydrogen) atoms. The van der Waals surface area contributed by atoms with E-state index < -0.39 is 24.4 Å². The molecule has 1 amide bonds. The number of hydrogen-bond acceptors (Lipinski definition) is 3. The number of carbonyl (C=O) groups excluding carboxylic acids is 1. The lowest BCUT2D eigenvalue weighted by atomic mass is 9.75. The van der Waals surface area contributed by atoms with Crippen LogP contribution in [-0.2, 0) is 20.7 Å². The molecular formula is C53H40FNO3. The first-order valence-corrected chi connectivity index (χ1v) is 18.2. The van der Waals surface area contributed by atoms with Crippen molar-refractivity contribution in [2.45, 2.75) is 63.6 Å². The van der Waals surface area contributed by atoms with Gasteiger partial charge in [-0.15, -0.1) is 26.3 Å². The van der Waals surface area contributed by atoms with Crippen molar-refractivity contribution in [1.82, 2.24) is 5.32 Å². The van der Waals surface area contributed by atoms with Gasteiger partial charge >= 0.3 is 0 Å². The SMILES string of the molecule is C=CCC1O[C@H](OC[C@H](NC(=O)C#CC#CC#CC#CC#CC#CC#CC#CC#CC#CC#CC#CC)[C@H](F)CCCCc2ccccc2)C(C=C)[C@@H](C=C)[C@H]1C=C. The summed E-state index contributed by atoms with van der Waals surface area (Å²) >= 11 is 0. The molecule has 2 unspecified atom stereocenters. The van der Waals surface area contributed by atoms with Gasteiger partial charge in [-0.2, -0.15) is 0 Å². The van der Waals surface area contributed by atoms with E-state index in [4.69, 9.17) is 9.47 Å². The second-order valence-electron chi connectivity index (χ2n) is 11.8. The summed E-state index contributed by atoms with van der Waals surface area (Å²) in [5.74, 6) is 59.1. The summed E-state index contributed by atoms with van der Waals surface area (Å²) in [7, 11) is 0. The number of carbonyl (C=O) groups is 1. The van der Waals surface area contributed by atoms with Gasteiger partial charge in [-0.05, 0) is 139 Å². The molecular weight excluding hydrogens is 718 g/mol. The predicted molar refractivity (Wildman–Crippen MR) is 230 cm³/mol. The van der Waals surface area contributed by atoms with E-state index in [2.05, 4.69) is 174 Å². The molecule has 7 atom stereocenters. The highest BCUT2D eigenvalue weighted by atomic mass is 19.1. The van der Waals surface area contributed by atoms with E-state index in [0.29, 0.717) is 12.8 Å². The number of halogens is 1. The van der Waals surface area contributed by atoms with Crippen molar-refractivity contribution >= 4 is 5.91 Å². The Kier molecular flexibility index (Phi) is 24.4. The number of benzene rings is 1. The van der Waals surface area contributed by atoms with Crippen molar-refractivity contribution in [3.63, 3.8) is 0 Å². The lowest BCUT2D eigenvalue weighted by Gasteiger charge is -2.44. The predicted octanol–water partition coefficient (Wildman–Crippen LogP) is 6.01. The molecule has 1 heterocycles. The van der Waals surface area contributed by atoms with Gasteiger partial charge in [-0.3, -0.25) is 4.79 Å². The number of unbranched alkanes of at least 4 members (excludes halogenated alkanes) is 1. The third-order valence-electron chi connectivity index (χ3n) is 8.00. The summed E-state index contributed by atoms with van der Waals surface area (Å²) in [6.45, 7) is 17.4. The summed E-state index contributed by atoms with van der Waals surface area (Å²) in [6, 6.07) is 9.01. The van der Waals surface area contributed by atoms with Gasteiger partial charge in [0.15, 0.2) is 6.29 Å². The lowest BCUT2D eigenvalue weighted by Crippen LogP contribution is -2.50. The Morgan fingerprint density at radius 2 is 1.19 bits per heavy atom. The number of rotatable bonds is 15. The molecule has 1 saturated heterocycles. The van der Waals surface area contributed by atoms with Gasteiger partial charge < -0.3 is 14.8 Å². The van der Waals surface area contributed by atoms with Crippen LogP contribution in [0, 0.1) is 160 Å². The molecule has 0 spiro atoms. The zero-order valence-corrected chi connectivity index (χ0v) is 32.4. The van der Waals surface area contributed by atoms with Gasteiger partial charge in [-0.25, -0.2) is 4.39 Å². The van der Waals surface area contributed by atoms with Crippen LogP contribution in [-0.4, -0.2) is 37.1 Å². The second-order valence-corrected chi connectivity index (χ2v) is 11.8. The fourth-order valence-corrected chi connectivity index (χ4v) is 5.39. The Morgan fingerprint density at radius 1 is 0.707 bits per heavy atom. The summed E-state index contributed by atoms with van der Waals surface area (Å²) in [6.07, 6.45) is 7.79. The minimum absolute atomic E-state index is 0.0373. The first-order chi connectivity index (χ1) is 28.5. The Hall–Kier alpha value is -7.78. The van der Waals surface area contributed by atoms with Gasteiger partial charge in [0.05, 0.1) is 18.8 Å². The van der Waals surface area contributed by atoms with Crippen molar-refractivity contribution < 1.29 is 18.7 Å². The van der Waals surface area contributed by atoms with Gasteiger partial charge in [0.1, 0.15) is 6.17 Å². The van der Waals surface area contributed by atoms with E-state index in [-0.39, 0.29) is 36.9 Å². The summed E-state index contributed by atoms with van der Waals surface area (Å²) in [5.41, 5.74) is 1.18. The molecule has 0 aromatic heterocycles. The van der Waals surface area contributed by atoms with E-state index in [9.17, 15) is 4.79 Å². The van der Waals surface area contributed by atoms with Gasteiger partial charge in [0, 0.05) is 53.3 Å². The Bertz CT molecular complexity index is 2420. The average Bonchev–Trinajstić information content (AvgIpc) is 3.24. The molecule has 0 radical (unpaired) electrons. The first-order valence-electron chi connectivity index (χ1n) is 18.2. The molecule has 0 bridgehead atoms. The van der Waals surface area contributed by atoms with Crippen LogP contribution in [0.1, 0.15) is 38.2 Å². The van der Waals surface area contributed by atoms with Gasteiger partial charge in [0.25, 0.3) is 5.91 Å². The Balaban J connectivity index is 2.01. The monoisotopic (exact) mass is 757 g/mol. The fourth-order valence-electron chi connectivity index (χ4n) is 5.39. The number of hydrogen-bond donors (Lipinski definition) is 1. The summed E-state index contributed by atoms with van der Waals surface area (Å²) in [5, 5.41) is 2.66. The molecule has 1 aromatic rings. The van der Waals surface area contributed by atoms with Gasteiger partial charge in [0.2, 0.25) is 0 Å². The van der Waals surface area contributed by atoms with Crippen LogP contribution in [0.25, 0.3) is 0 Å². The maximum Gasteiger partial charge on any atom is 0.297 e. The standard InChI is InChI=1S/C53H40FNO3/c1-6-11-12-13-14-15-16-17-18-19-20-21-22-23-24-25-26-27-28-29-30-31-35-43-52(56)55-50(49(54)42-37-36-41-45-39-33-32-34-40-45)44-57-53-48(10-5)46(8-3)47(9-4)51(58-53)38-7-2/h7-10,32-34,39-40,46-51,53H,2-5,36-38,41-42,44H2,1H3,(H,55,56)/t46-,47+,48?,49+,50-,51?,53-/m0/s1. The summed E-state index contributed by atoms with van der Waals surface area (Å²) in [4.78, 5) is 12.8. The molecule has 1 N–H and O–H groups in total. The van der Waals surface area contributed by atoms with Crippen LogP contribution in [0.2, 0.25) is 0 Å². The second kappa shape index (κ2) is 30.5. The fraction of sp³-hybridized carbons (Fsp3) is 0.264. The number of ether oxygens (including phenoxy) is 2. The van der Waals surface area contributed by atoms with E-state index in [0.717, 1.165) is 12.8 Å². The number of aryl methyl sites for hydroxylation is 1. The summed E-state index contributed by atoms with van der Waals surface area (Å²) < 4.78 is 28.3. The molecule has 4 nitrogen and oxygen atoms in total. The topological polar surface area (TPSA) is 47.6 Å². The van der Waals surface area contributed by atoms with E-state index >= 15 is 4.39 Å². The number of amides is 1. The van der Waals surface area contributed by atoms with Crippen LogP contribution in [0.5, 0.6) is 0 Å². The zero-order chi connectivity index (χ0) is 41.9. The number of allylic oxidation sites excluding steroid dienone is 1. The lowest BCUT2D eigenvalue weighted by molar-refractivity contribution is -0.236. The molecule has 1 aliphatic rings.